The quantitative estimate of drug-likeness (QED) is 0.692. The van der Waals surface area contributed by atoms with Gasteiger partial charge in [0.15, 0.2) is 6.10 Å². The van der Waals surface area contributed by atoms with Crippen LogP contribution in [0.4, 0.5) is 21.5 Å². The van der Waals surface area contributed by atoms with Crippen LogP contribution in [0.2, 0.25) is 0 Å². The van der Waals surface area contributed by atoms with Gasteiger partial charge >= 0.3 is 5.97 Å². The average molecular weight is 439 g/mol. The fourth-order valence-corrected chi connectivity index (χ4v) is 4.11. The van der Waals surface area contributed by atoms with Crippen molar-refractivity contribution in [2.45, 2.75) is 44.6 Å². The van der Waals surface area contributed by atoms with Crippen molar-refractivity contribution in [3.8, 4) is 0 Å². The predicted octanol–water partition coefficient (Wildman–Crippen LogP) is 3.81. The van der Waals surface area contributed by atoms with Crippen LogP contribution >= 0.6 is 0 Å². The van der Waals surface area contributed by atoms with Gasteiger partial charge in [-0.05, 0) is 68.1 Å². The van der Waals surface area contributed by atoms with E-state index in [1.807, 2.05) is 24.3 Å². The van der Waals surface area contributed by atoms with Gasteiger partial charge in [-0.15, -0.1) is 0 Å². The predicted molar refractivity (Wildman–Crippen MR) is 119 cm³/mol. The molecule has 0 radical (unpaired) electrons. The summed E-state index contributed by atoms with van der Waals surface area (Å²) in [4.78, 5) is 39.5. The van der Waals surface area contributed by atoms with Crippen LogP contribution < -0.4 is 15.5 Å². The second kappa shape index (κ2) is 9.38. The van der Waals surface area contributed by atoms with Crippen LogP contribution in [0, 0.1) is 5.82 Å². The maximum absolute atomic E-state index is 13.5. The molecule has 7 nitrogen and oxygen atoms in total. The van der Waals surface area contributed by atoms with Crippen LogP contribution in [0.1, 0.15) is 44.1 Å². The molecule has 0 aliphatic carbocycles. The minimum Gasteiger partial charge on any atom is -0.452 e. The Morgan fingerprint density at radius 1 is 1.12 bits per heavy atom. The lowest BCUT2D eigenvalue weighted by atomic mass is 9.90. The van der Waals surface area contributed by atoms with E-state index in [0.29, 0.717) is 11.3 Å². The Morgan fingerprint density at radius 2 is 1.84 bits per heavy atom. The molecule has 2 amide bonds. The van der Waals surface area contributed by atoms with Crippen LogP contribution in [-0.2, 0) is 19.1 Å². The number of anilines is 3. The summed E-state index contributed by atoms with van der Waals surface area (Å²) >= 11 is 0. The normalized spacial score (nSPS) is 18.9. The van der Waals surface area contributed by atoms with Gasteiger partial charge < -0.3 is 20.3 Å². The Labute approximate surface area is 185 Å². The second-order valence-electron chi connectivity index (χ2n) is 8.20. The monoisotopic (exact) mass is 439 g/mol. The molecule has 2 aliphatic rings. The first-order valence-corrected chi connectivity index (χ1v) is 10.9. The molecule has 2 heterocycles. The van der Waals surface area contributed by atoms with Crippen molar-refractivity contribution >= 4 is 34.8 Å². The maximum atomic E-state index is 13.5. The summed E-state index contributed by atoms with van der Waals surface area (Å²) in [5, 5.41) is 5.30. The van der Waals surface area contributed by atoms with Crippen LogP contribution in [0.25, 0.3) is 0 Å². The maximum Gasteiger partial charge on any atom is 0.314 e. The molecule has 2 atom stereocenters. The Balaban J connectivity index is 1.36. The van der Waals surface area contributed by atoms with E-state index < -0.39 is 35.6 Å². The molecule has 0 bridgehead atoms. The van der Waals surface area contributed by atoms with Crippen LogP contribution in [0.5, 0.6) is 0 Å². The number of carbonyl (C=O) groups excluding carboxylic acids is 3. The van der Waals surface area contributed by atoms with Crippen molar-refractivity contribution in [3.63, 3.8) is 0 Å². The lowest BCUT2D eigenvalue weighted by Gasteiger charge is -2.29. The summed E-state index contributed by atoms with van der Waals surface area (Å²) in [6, 6.07) is 11.4. The Morgan fingerprint density at radius 3 is 2.56 bits per heavy atom. The van der Waals surface area contributed by atoms with Gasteiger partial charge in [-0.2, -0.15) is 0 Å². The van der Waals surface area contributed by atoms with E-state index in [1.165, 1.54) is 38.3 Å². The summed E-state index contributed by atoms with van der Waals surface area (Å²) in [6.07, 6.45) is 2.45. The van der Waals surface area contributed by atoms with E-state index in [1.54, 1.807) is 0 Å². The largest absolute Gasteiger partial charge is 0.452 e. The third kappa shape index (κ3) is 4.90. The number of nitrogens with one attached hydrogen (secondary N) is 2. The first kappa shape index (κ1) is 21.8. The summed E-state index contributed by atoms with van der Waals surface area (Å²) < 4.78 is 18.8. The molecular formula is C24H26FN3O4. The van der Waals surface area contributed by atoms with Crippen molar-refractivity contribution in [2.24, 2.45) is 0 Å². The minimum atomic E-state index is -1.06. The number of benzene rings is 2. The molecule has 0 spiro atoms. The molecule has 0 aromatic heterocycles. The number of hydrogen-bond acceptors (Lipinski definition) is 5. The van der Waals surface area contributed by atoms with Crippen molar-refractivity contribution in [1.82, 2.24) is 0 Å². The smallest absolute Gasteiger partial charge is 0.314 e. The van der Waals surface area contributed by atoms with E-state index in [9.17, 15) is 18.8 Å². The lowest BCUT2D eigenvalue weighted by molar-refractivity contribution is -0.155. The van der Waals surface area contributed by atoms with Crippen LogP contribution in [-0.4, -0.2) is 37.0 Å². The van der Waals surface area contributed by atoms with Crippen molar-refractivity contribution < 1.29 is 23.5 Å². The van der Waals surface area contributed by atoms with Crippen molar-refractivity contribution in [2.75, 3.05) is 28.6 Å². The van der Waals surface area contributed by atoms with Gasteiger partial charge in [0.05, 0.1) is 5.92 Å². The number of amides is 2. The highest BCUT2D eigenvalue weighted by atomic mass is 19.1. The zero-order valence-corrected chi connectivity index (χ0v) is 17.9. The number of halogens is 1. The van der Waals surface area contributed by atoms with Gasteiger partial charge in [0.25, 0.3) is 5.91 Å². The van der Waals surface area contributed by atoms with Crippen molar-refractivity contribution in [3.05, 3.63) is 53.8 Å². The minimum absolute atomic E-state index is 0.121. The summed E-state index contributed by atoms with van der Waals surface area (Å²) in [6.45, 7) is 3.55. The molecule has 168 valence electrons. The first-order chi connectivity index (χ1) is 15.4. The van der Waals surface area contributed by atoms with Gasteiger partial charge in [0.2, 0.25) is 5.91 Å². The fraction of sp³-hybridized carbons (Fsp3) is 0.375. The fourth-order valence-electron chi connectivity index (χ4n) is 4.11. The second-order valence-corrected chi connectivity index (χ2v) is 8.20. The summed E-state index contributed by atoms with van der Waals surface area (Å²) in [5.74, 6) is -2.98. The molecule has 4 rings (SSSR count). The van der Waals surface area contributed by atoms with Gasteiger partial charge in [0, 0.05) is 36.6 Å². The number of piperidine rings is 1. The zero-order valence-electron chi connectivity index (χ0n) is 17.9. The molecule has 8 heteroatoms. The Kier molecular flexibility index (Phi) is 6.39. The molecular weight excluding hydrogens is 413 g/mol. The SMILES string of the molecule is C[C@H](OC(=O)[C@@H]1CC(=O)Nc2cc(F)ccc21)C(=O)Nc1ccc(N2CCCCC2)cc1. The van der Waals surface area contributed by atoms with E-state index in [0.717, 1.165) is 24.8 Å². The molecule has 0 saturated carbocycles. The number of fused-ring (bicyclic) bond motifs is 1. The molecule has 2 N–H and O–H groups in total. The van der Waals surface area contributed by atoms with E-state index in [-0.39, 0.29) is 12.1 Å². The molecule has 2 aliphatic heterocycles. The van der Waals surface area contributed by atoms with Crippen LogP contribution in [0.3, 0.4) is 0 Å². The Hall–Kier alpha value is -3.42. The summed E-state index contributed by atoms with van der Waals surface area (Å²) in [5.41, 5.74) is 2.44. The van der Waals surface area contributed by atoms with E-state index in [2.05, 4.69) is 15.5 Å². The third-order valence-electron chi connectivity index (χ3n) is 5.86. The summed E-state index contributed by atoms with van der Waals surface area (Å²) in [7, 11) is 0. The number of esters is 1. The van der Waals surface area contributed by atoms with Crippen molar-refractivity contribution in [1.29, 1.82) is 0 Å². The van der Waals surface area contributed by atoms with Gasteiger partial charge in [0.1, 0.15) is 5.82 Å². The van der Waals surface area contributed by atoms with Gasteiger partial charge in [-0.3, -0.25) is 14.4 Å². The van der Waals surface area contributed by atoms with E-state index >= 15 is 0 Å². The zero-order chi connectivity index (χ0) is 22.7. The molecule has 0 unspecified atom stereocenters. The van der Waals surface area contributed by atoms with Crippen LogP contribution in [0.15, 0.2) is 42.5 Å². The molecule has 1 fully saturated rings. The highest BCUT2D eigenvalue weighted by Crippen LogP contribution is 2.34. The third-order valence-corrected chi connectivity index (χ3v) is 5.86. The average Bonchev–Trinajstić information content (AvgIpc) is 2.79. The lowest BCUT2D eigenvalue weighted by Crippen LogP contribution is -2.34. The van der Waals surface area contributed by atoms with E-state index in [4.69, 9.17) is 4.74 Å². The molecule has 32 heavy (non-hydrogen) atoms. The topological polar surface area (TPSA) is 87.7 Å². The number of rotatable bonds is 5. The first-order valence-electron chi connectivity index (χ1n) is 10.9. The Bertz CT molecular complexity index is 1020. The number of carbonyl (C=O) groups is 3. The van der Waals surface area contributed by atoms with Gasteiger partial charge in [-0.1, -0.05) is 6.07 Å². The standard InChI is InChI=1S/C24H26FN3O4/c1-15(23(30)26-17-6-8-18(9-7-17)28-11-3-2-4-12-28)32-24(31)20-14-22(29)27-21-13-16(25)5-10-19(20)21/h5-10,13,15,20H,2-4,11-12,14H2,1H3,(H,26,30)(H,27,29)/t15-,20+/m0/s1. The molecule has 2 aromatic carbocycles. The molecule has 2 aromatic rings. The highest BCUT2D eigenvalue weighted by Gasteiger charge is 2.34. The number of nitrogens with zero attached hydrogens (tertiary/aromatic N) is 1. The number of hydrogen-bond donors (Lipinski definition) is 2. The number of ether oxygens (including phenoxy) is 1. The molecule has 1 saturated heterocycles. The van der Waals surface area contributed by atoms with Gasteiger partial charge in [-0.25, -0.2) is 4.39 Å². The highest BCUT2D eigenvalue weighted by molar-refractivity contribution is 6.01.